The lowest BCUT2D eigenvalue weighted by atomic mass is 9.98. The monoisotopic (exact) mass is 135 g/mol. The van der Waals surface area contributed by atoms with E-state index >= 15 is 0 Å². The number of alkyl halides is 2. The van der Waals surface area contributed by atoms with Gasteiger partial charge in [0.1, 0.15) is 6.17 Å². The van der Waals surface area contributed by atoms with Crippen molar-refractivity contribution in [2.24, 2.45) is 5.92 Å². The van der Waals surface area contributed by atoms with Gasteiger partial charge in [0.25, 0.3) is 0 Å². The van der Waals surface area contributed by atoms with E-state index < -0.39 is 12.8 Å². The van der Waals surface area contributed by atoms with Crippen molar-refractivity contribution in [1.29, 1.82) is 0 Å². The van der Waals surface area contributed by atoms with E-state index in [0.29, 0.717) is 13.0 Å². The molecule has 3 heteroatoms. The van der Waals surface area contributed by atoms with E-state index in [1.165, 1.54) is 0 Å². The largest absolute Gasteiger partial charge is 0.314 e. The maximum Gasteiger partial charge on any atom is 0.118 e. The van der Waals surface area contributed by atoms with Gasteiger partial charge in [0.05, 0.1) is 6.67 Å². The fourth-order valence-electron chi connectivity index (χ4n) is 1.05. The Morgan fingerprint density at radius 2 is 2.33 bits per heavy atom. The summed E-state index contributed by atoms with van der Waals surface area (Å²) in [6, 6.07) is 0. The minimum atomic E-state index is -0.969. The highest BCUT2D eigenvalue weighted by molar-refractivity contribution is 4.76. The zero-order valence-electron chi connectivity index (χ0n) is 5.24. The van der Waals surface area contributed by atoms with Gasteiger partial charge in [-0.3, -0.25) is 4.39 Å². The van der Waals surface area contributed by atoms with E-state index in [1.807, 2.05) is 0 Å². The van der Waals surface area contributed by atoms with Crippen LogP contribution in [0, 0.1) is 5.92 Å². The first kappa shape index (κ1) is 6.93. The lowest BCUT2D eigenvalue weighted by Crippen LogP contribution is -2.38. The first-order valence-electron chi connectivity index (χ1n) is 3.25. The number of hydrogen-bond donors (Lipinski definition) is 1. The van der Waals surface area contributed by atoms with E-state index in [9.17, 15) is 8.78 Å². The van der Waals surface area contributed by atoms with Crippen LogP contribution in [-0.4, -0.2) is 25.9 Å². The van der Waals surface area contributed by atoms with Crippen molar-refractivity contribution >= 4 is 0 Å². The van der Waals surface area contributed by atoms with Crippen molar-refractivity contribution in [1.82, 2.24) is 5.32 Å². The Morgan fingerprint density at radius 3 is 2.78 bits per heavy atom. The molecule has 0 aromatic carbocycles. The molecule has 0 amide bonds. The third-order valence-corrected chi connectivity index (χ3v) is 1.74. The summed E-state index contributed by atoms with van der Waals surface area (Å²) in [6.07, 6.45) is -0.332. The van der Waals surface area contributed by atoms with Gasteiger partial charge in [0.2, 0.25) is 0 Å². The van der Waals surface area contributed by atoms with Gasteiger partial charge in [-0.15, -0.1) is 0 Å². The van der Waals surface area contributed by atoms with Crippen LogP contribution in [0.15, 0.2) is 0 Å². The SMILES string of the molecule is FCC1CCNCC1F. The highest BCUT2D eigenvalue weighted by atomic mass is 19.1. The molecule has 1 aliphatic rings. The summed E-state index contributed by atoms with van der Waals surface area (Å²) >= 11 is 0. The molecule has 0 aliphatic carbocycles. The first-order valence-corrected chi connectivity index (χ1v) is 3.25. The quantitative estimate of drug-likeness (QED) is 0.563. The van der Waals surface area contributed by atoms with Crippen molar-refractivity contribution in [3.05, 3.63) is 0 Å². The van der Waals surface area contributed by atoms with Crippen LogP contribution in [-0.2, 0) is 0 Å². The lowest BCUT2D eigenvalue weighted by molar-refractivity contribution is 0.151. The van der Waals surface area contributed by atoms with Crippen molar-refractivity contribution in [2.75, 3.05) is 19.8 Å². The molecule has 0 aromatic heterocycles. The highest BCUT2D eigenvalue weighted by Crippen LogP contribution is 2.15. The van der Waals surface area contributed by atoms with E-state index in [2.05, 4.69) is 5.32 Å². The van der Waals surface area contributed by atoms with E-state index in [0.717, 1.165) is 6.54 Å². The van der Waals surface area contributed by atoms with Gasteiger partial charge < -0.3 is 5.32 Å². The third kappa shape index (κ3) is 1.61. The second kappa shape index (κ2) is 3.11. The molecule has 0 aromatic rings. The molecule has 1 N–H and O–H groups in total. The summed E-state index contributed by atoms with van der Waals surface area (Å²) in [6.45, 7) is 0.576. The fraction of sp³-hybridized carbons (Fsp3) is 1.00. The highest BCUT2D eigenvalue weighted by Gasteiger charge is 2.23. The number of rotatable bonds is 1. The molecular weight excluding hydrogens is 124 g/mol. The van der Waals surface area contributed by atoms with Gasteiger partial charge in [-0.05, 0) is 13.0 Å². The molecule has 54 valence electrons. The van der Waals surface area contributed by atoms with Gasteiger partial charge in [-0.25, -0.2) is 4.39 Å². The Kier molecular flexibility index (Phi) is 2.39. The van der Waals surface area contributed by atoms with Crippen LogP contribution in [0.25, 0.3) is 0 Å². The molecule has 0 radical (unpaired) electrons. The lowest BCUT2D eigenvalue weighted by Gasteiger charge is -2.23. The predicted octanol–water partition coefficient (Wildman–Crippen LogP) is 0.903. The van der Waals surface area contributed by atoms with Crippen LogP contribution in [0.1, 0.15) is 6.42 Å². The second-order valence-electron chi connectivity index (χ2n) is 2.42. The molecular formula is C6H11F2N. The molecule has 9 heavy (non-hydrogen) atoms. The van der Waals surface area contributed by atoms with Crippen LogP contribution in [0.2, 0.25) is 0 Å². The maximum atomic E-state index is 12.5. The molecule has 1 nitrogen and oxygen atoms in total. The Bertz CT molecular complexity index is 87.1. The molecule has 2 atom stereocenters. The number of halogens is 2. The van der Waals surface area contributed by atoms with Crippen molar-refractivity contribution in [3.8, 4) is 0 Å². The maximum absolute atomic E-state index is 12.5. The molecule has 1 saturated heterocycles. The van der Waals surface area contributed by atoms with E-state index in [4.69, 9.17) is 0 Å². The minimum Gasteiger partial charge on any atom is -0.314 e. The average molecular weight is 135 g/mol. The molecule has 1 heterocycles. The van der Waals surface area contributed by atoms with Gasteiger partial charge in [-0.2, -0.15) is 0 Å². The van der Waals surface area contributed by atoms with Crippen LogP contribution in [0.3, 0.4) is 0 Å². The normalized spacial score (nSPS) is 36.7. The Balaban J connectivity index is 2.30. The van der Waals surface area contributed by atoms with Gasteiger partial charge in [0, 0.05) is 12.5 Å². The topological polar surface area (TPSA) is 12.0 Å². The average Bonchev–Trinajstić information content (AvgIpc) is 1.89. The fourth-order valence-corrected chi connectivity index (χ4v) is 1.05. The molecule has 0 spiro atoms. The molecule has 1 fully saturated rings. The predicted molar refractivity (Wildman–Crippen MR) is 31.8 cm³/mol. The zero-order valence-corrected chi connectivity index (χ0v) is 5.24. The van der Waals surface area contributed by atoms with Gasteiger partial charge in [-0.1, -0.05) is 0 Å². The van der Waals surface area contributed by atoms with Gasteiger partial charge >= 0.3 is 0 Å². The molecule has 0 saturated carbocycles. The summed E-state index contributed by atoms with van der Waals surface area (Å²) in [5.74, 6) is -0.341. The molecule has 1 aliphatic heterocycles. The van der Waals surface area contributed by atoms with Crippen LogP contribution in [0.4, 0.5) is 8.78 Å². The van der Waals surface area contributed by atoms with E-state index in [-0.39, 0.29) is 5.92 Å². The second-order valence-corrected chi connectivity index (χ2v) is 2.42. The Morgan fingerprint density at radius 1 is 1.56 bits per heavy atom. The smallest absolute Gasteiger partial charge is 0.118 e. The number of hydrogen-bond acceptors (Lipinski definition) is 1. The molecule has 2 unspecified atom stereocenters. The zero-order chi connectivity index (χ0) is 6.69. The van der Waals surface area contributed by atoms with Crippen LogP contribution < -0.4 is 5.32 Å². The summed E-state index contributed by atoms with van der Waals surface area (Å²) < 4.78 is 24.4. The number of nitrogens with one attached hydrogen (secondary N) is 1. The molecule has 1 rings (SSSR count). The van der Waals surface area contributed by atoms with Crippen LogP contribution in [0.5, 0.6) is 0 Å². The summed E-state index contributed by atoms with van der Waals surface area (Å²) in [7, 11) is 0. The Hall–Kier alpha value is -0.180. The standard InChI is InChI=1S/C6H11F2N/c7-3-5-1-2-9-4-6(5)8/h5-6,9H,1-4H2. The first-order chi connectivity index (χ1) is 4.34. The summed E-state index contributed by atoms with van der Waals surface area (Å²) in [5.41, 5.74) is 0. The third-order valence-electron chi connectivity index (χ3n) is 1.74. The van der Waals surface area contributed by atoms with Crippen molar-refractivity contribution in [2.45, 2.75) is 12.6 Å². The summed E-state index contributed by atoms with van der Waals surface area (Å²) in [5, 5.41) is 2.86. The van der Waals surface area contributed by atoms with Gasteiger partial charge in [0.15, 0.2) is 0 Å². The summed E-state index contributed by atoms with van der Waals surface area (Å²) in [4.78, 5) is 0. The van der Waals surface area contributed by atoms with Crippen molar-refractivity contribution < 1.29 is 8.78 Å². The van der Waals surface area contributed by atoms with E-state index in [1.54, 1.807) is 0 Å². The number of piperidine rings is 1. The minimum absolute atomic E-state index is 0.328. The van der Waals surface area contributed by atoms with Crippen molar-refractivity contribution in [3.63, 3.8) is 0 Å². The Labute approximate surface area is 53.4 Å². The molecule has 0 bridgehead atoms. The van der Waals surface area contributed by atoms with Crippen LogP contribution >= 0.6 is 0 Å².